The summed E-state index contributed by atoms with van der Waals surface area (Å²) in [5.74, 6) is -2.20. The molecule has 1 aliphatic rings. The molecule has 1 aromatic carbocycles. The summed E-state index contributed by atoms with van der Waals surface area (Å²) in [6.07, 6.45) is 0.568. The first-order valence-corrected chi connectivity index (χ1v) is 12.8. The van der Waals surface area contributed by atoms with Gasteiger partial charge in [0.15, 0.2) is 11.6 Å². The predicted molar refractivity (Wildman–Crippen MR) is 138 cm³/mol. The Bertz CT molecular complexity index is 1120. The smallest absolute Gasteiger partial charge is 0.290 e. The van der Waals surface area contributed by atoms with Gasteiger partial charge in [0.05, 0.1) is 24.9 Å². The normalized spacial score (nSPS) is 18.9. The van der Waals surface area contributed by atoms with Crippen LogP contribution in [0.25, 0.3) is 0 Å². The van der Waals surface area contributed by atoms with Gasteiger partial charge >= 0.3 is 0 Å². The van der Waals surface area contributed by atoms with Gasteiger partial charge in [-0.2, -0.15) is 0 Å². The number of hydrogen-bond acceptors (Lipinski definition) is 8. The monoisotopic (exact) mass is 527 g/mol. The molecule has 10 heteroatoms. The third-order valence-corrected chi connectivity index (χ3v) is 6.46. The van der Waals surface area contributed by atoms with Gasteiger partial charge in [-0.1, -0.05) is 49.3 Å². The highest BCUT2D eigenvalue weighted by molar-refractivity contribution is 5.99. The molecule has 0 unspecified atom stereocenters. The molecule has 1 aromatic heterocycles. The number of aromatic nitrogens is 1. The minimum Gasteiger partial charge on any atom is -0.382 e. The number of epoxide rings is 1. The number of ketones is 2. The first-order chi connectivity index (χ1) is 18.0. The Morgan fingerprint density at radius 2 is 1.79 bits per heavy atom. The van der Waals surface area contributed by atoms with Crippen molar-refractivity contribution < 1.29 is 33.2 Å². The zero-order valence-corrected chi connectivity index (χ0v) is 22.6. The van der Waals surface area contributed by atoms with Crippen molar-refractivity contribution in [2.45, 2.75) is 64.6 Å². The number of carbonyl (C=O) groups excluding carboxylic acids is 4. The summed E-state index contributed by atoms with van der Waals surface area (Å²) in [4.78, 5) is 52.6. The topological polar surface area (TPSA) is 140 Å². The number of Topliss-reactive ketones (excluding diaryl/α,β-unsaturated/α-hetero) is 2. The number of nitrogens with zero attached hydrogens (tertiary/aromatic N) is 1. The van der Waals surface area contributed by atoms with E-state index in [-0.39, 0.29) is 42.7 Å². The molecule has 2 aromatic rings. The molecule has 2 amide bonds. The van der Waals surface area contributed by atoms with Gasteiger partial charge in [0, 0.05) is 25.5 Å². The van der Waals surface area contributed by atoms with Crippen molar-refractivity contribution in [2.75, 3.05) is 20.3 Å². The van der Waals surface area contributed by atoms with E-state index in [9.17, 15) is 19.2 Å². The number of amides is 2. The highest BCUT2D eigenvalue weighted by atomic mass is 16.6. The van der Waals surface area contributed by atoms with E-state index in [0.717, 1.165) is 5.56 Å². The van der Waals surface area contributed by atoms with E-state index in [1.165, 1.54) is 13.2 Å². The Kier molecular flexibility index (Phi) is 9.93. The van der Waals surface area contributed by atoms with Crippen molar-refractivity contribution in [3.8, 4) is 0 Å². The summed E-state index contributed by atoms with van der Waals surface area (Å²) in [6, 6.07) is 9.06. The minimum atomic E-state index is -1.00. The van der Waals surface area contributed by atoms with Crippen LogP contribution < -0.4 is 10.6 Å². The Hall–Kier alpha value is -3.37. The molecule has 2 heterocycles. The quantitative estimate of drug-likeness (QED) is 0.337. The number of benzene rings is 1. The van der Waals surface area contributed by atoms with Crippen LogP contribution >= 0.6 is 0 Å². The van der Waals surface area contributed by atoms with Crippen molar-refractivity contribution in [1.82, 2.24) is 15.8 Å². The van der Waals surface area contributed by atoms with Gasteiger partial charge in [-0.25, -0.2) is 0 Å². The van der Waals surface area contributed by atoms with E-state index >= 15 is 0 Å². The van der Waals surface area contributed by atoms with Crippen molar-refractivity contribution in [3.05, 3.63) is 53.4 Å². The zero-order chi connectivity index (χ0) is 27.9. The van der Waals surface area contributed by atoms with Gasteiger partial charge in [0.2, 0.25) is 11.7 Å². The van der Waals surface area contributed by atoms with Crippen LogP contribution in [0.5, 0.6) is 0 Å². The number of carbonyl (C=O) groups is 4. The maximum atomic E-state index is 13.6. The van der Waals surface area contributed by atoms with Crippen LogP contribution in [-0.4, -0.2) is 66.5 Å². The number of ether oxygens (including phenoxy) is 2. The SMILES string of the molecule is COC[C@H](NC(=O)c1cc(C)no1)C(=O)C[C@@H](Cc1ccccc1)C(=O)N[C@@H](CC(C)C)C(=O)[C@@]1(C)CO1. The molecule has 206 valence electrons. The van der Waals surface area contributed by atoms with Gasteiger partial charge in [0.25, 0.3) is 5.91 Å². The molecule has 0 saturated carbocycles. The summed E-state index contributed by atoms with van der Waals surface area (Å²) in [7, 11) is 1.42. The van der Waals surface area contributed by atoms with Gasteiger partial charge in [-0.15, -0.1) is 0 Å². The van der Waals surface area contributed by atoms with E-state index in [4.69, 9.17) is 14.0 Å². The van der Waals surface area contributed by atoms with Gasteiger partial charge in [-0.3, -0.25) is 19.2 Å². The maximum absolute atomic E-state index is 13.6. The number of aryl methyl sites for hydroxylation is 1. The van der Waals surface area contributed by atoms with E-state index in [0.29, 0.717) is 18.7 Å². The summed E-state index contributed by atoms with van der Waals surface area (Å²) in [5.41, 5.74) is 0.513. The molecule has 2 N–H and O–H groups in total. The average molecular weight is 528 g/mol. The Balaban J connectivity index is 1.78. The molecule has 0 aliphatic carbocycles. The molecular weight excluding hydrogens is 490 g/mol. The van der Waals surface area contributed by atoms with E-state index in [1.54, 1.807) is 13.8 Å². The lowest BCUT2D eigenvalue weighted by Gasteiger charge is -2.25. The zero-order valence-electron chi connectivity index (χ0n) is 22.6. The summed E-state index contributed by atoms with van der Waals surface area (Å²) in [5, 5.41) is 9.21. The van der Waals surface area contributed by atoms with E-state index < -0.39 is 35.4 Å². The fourth-order valence-corrected chi connectivity index (χ4v) is 4.23. The first kappa shape index (κ1) is 29.2. The molecule has 4 atom stereocenters. The second kappa shape index (κ2) is 12.9. The second-order valence-electron chi connectivity index (χ2n) is 10.4. The molecule has 3 rings (SSSR count). The molecule has 1 saturated heterocycles. The Labute approximate surface area is 222 Å². The van der Waals surface area contributed by atoms with Crippen LogP contribution in [0, 0.1) is 18.8 Å². The van der Waals surface area contributed by atoms with Crippen molar-refractivity contribution in [2.24, 2.45) is 11.8 Å². The molecule has 1 fully saturated rings. The van der Waals surface area contributed by atoms with Crippen molar-refractivity contribution in [3.63, 3.8) is 0 Å². The minimum absolute atomic E-state index is 0.0270. The number of hydrogen-bond donors (Lipinski definition) is 2. The van der Waals surface area contributed by atoms with Crippen LogP contribution in [0.15, 0.2) is 40.9 Å². The van der Waals surface area contributed by atoms with Crippen LogP contribution in [-0.2, 0) is 30.3 Å². The third-order valence-electron chi connectivity index (χ3n) is 6.46. The van der Waals surface area contributed by atoms with Gasteiger partial charge < -0.3 is 24.6 Å². The number of nitrogens with one attached hydrogen (secondary N) is 2. The van der Waals surface area contributed by atoms with Crippen LogP contribution in [0.3, 0.4) is 0 Å². The molecule has 1 aliphatic heterocycles. The Morgan fingerprint density at radius 3 is 2.34 bits per heavy atom. The molecule has 38 heavy (non-hydrogen) atoms. The molecule has 0 radical (unpaired) electrons. The lowest BCUT2D eigenvalue weighted by atomic mass is 9.89. The fourth-order valence-electron chi connectivity index (χ4n) is 4.23. The predicted octanol–water partition coefficient (Wildman–Crippen LogP) is 2.43. The lowest BCUT2D eigenvalue weighted by molar-refractivity contribution is -0.134. The molecule has 0 bridgehead atoms. The third kappa shape index (κ3) is 8.06. The summed E-state index contributed by atoms with van der Waals surface area (Å²) >= 11 is 0. The number of methoxy groups -OCH3 is 1. The van der Waals surface area contributed by atoms with Crippen molar-refractivity contribution in [1.29, 1.82) is 0 Å². The average Bonchev–Trinajstić information content (AvgIpc) is 3.48. The molecular formula is C28H37N3O7. The number of rotatable bonds is 15. The Morgan fingerprint density at radius 1 is 1.11 bits per heavy atom. The fraction of sp³-hybridized carbons (Fsp3) is 0.536. The largest absolute Gasteiger partial charge is 0.382 e. The van der Waals surface area contributed by atoms with Crippen LogP contribution in [0.4, 0.5) is 0 Å². The van der Waals surface area contributed by atoms with Crippen molar-refractivity contribution >= 4 is 23.4 Å². The standard InChI is InChI=1S/C28H37N3O7/c1-17(2)11-21(25(33)28(4)16-37-28)29-26(34)20(13-19-9-7-6-8-10-19)14-23(32)22(15-36-5)30-27(35)24-12-18(3)31-38-24/h6-10,12,17,20-22H,11,13-16H2,1-5H3,(H,29,34)(H,30,35)/t20-,21+,22+,28-/m1/s1. The first-order valence-electron chi connectivity index (χ1n) is 12.8. The molecule has 0 spiro atoms. The highest BCUT2D eigenvalue weighted by Gasteiger charge is 2.50. The van der Waals surface area contributed by atoms with Crippen LogP contribution in [0.1, 0.15) is 55.4 Å². The lowest BCUT2D eigenvalue weighted by Crippen LogP contribution is -2.50. The molecule has 10 nitrogen and oxygen atoms in total. The summed E-state index contributed by atoms with van der Waals surface area (Å²) in [6.45, 7) is 7.59. The summed E-state index contributed by atoms with van der Waals surface area (Å²) < 4.78 is 15.5. The van der Waals surface area contributed by atoms with E-state index in [2.05, 4.69) is 15.8 Å². The van der Waals surface area contributed by atoms with E-state index in [1.807, 2.05) is 44.2 Å². The maximum Gasteiger partial charge on any atom is 0.290 e. The second-order valence-corrected chi connectivity index (χ2v) is 10.4. The highest BCUT2D eigenvalue weighted by Crippen LogP contribution is 2.30. The van der Waals surface area contributed by atoms with Crippen LogP contribution in [0.2, 0.25) is 0 Å². The van der Waals surface area contributed by atoms with Gasteiger partial charge in [0.1, 0.15) is 11.6 Å². The van der Waals surface area contributed by atoms with Gasteiger partial charge in [-0.05, 0) is 38.2 Å².